The summed E-state index contributed by atoms with van der Waals surface area (Å²) in [5.74, 6) is -1.83. The van der Waals surface area contributed by atoms with Crippen molar-refractivity contribution >= 4 is 33.8 Å². The van der Waals surface area contributed by atoms with E-state index in [9.17, 15) is 27.6 Å². The number of sulfonamides is 1. The van der Waals surface area contributed by atoms with Crippen molar-refractivity contribution in [1.29, 1.82) is 0 Å². The number of rotatable bonds is 4. The molecule has 2 heterocycles. The van der Waals surface area contributed by atoms with Crippen LogP contribution in [0.3, 0.4) is 0 Å². The Morgan fingerprint density at radius 2 is 1.80 bits per heavy atom. The van der Waals surface area contributed by atoms with Crippen LogP contribution in [-0.4, -0.2) is 83.5 Å². The van der Waals surface area contributed by atoms with Gasteiger partial charge in [-0.1, -0.05) is 25.0 Å². The summed E-state index contributed by atoms with van der Waals surface area (Å²) in [5, 5.41) is 5.76. The van der Waals surface area contributed by atoms with Gasteiger partial charge < -0.3 is 20.4 Å². The molecule has 5 amide bonds. The van der Waals surface area contributed by atoms with Gasteiger partial charge in [-0.3, -0.25) is 19.1 Å². The van der Waals surface area contributed by atoms with Crippen molar-refractivity contribution in [2.24, 2.45) is 5.92 Å². The molecule has 0 aromatic carbocycles. The van der Waals surface area contributed by atoms with Gasteiger partial charge in [0, 0.05) is 25.0 Å². The average molecular weight is 580 g/mol. The molecular formula is C28H45N5O6S. The first kappa shape index (κ1) is 30.3. The second-order valence-electron chi connectivity index (χ2n) is 13.1. The van der Waals surface area contributed by atoms with Gasteiger partial charge in [0.2, 0.25) is 21.8 Å². The molecule has 40 heavy (non-hydrogen) atoms. The highest BCUT2D eigenvalue weighted by molar-refractivity contribution is 7.91. The number of nitrogens with zero attached hydrogens (tertiary/aromatic N) is 2. The highest BCUT2D eigenvalue weighted by Gasteiger charge is 2.63. The second-order valence-corrected chi connectivity index (χ2v) is 15.3. The zero-order valence-corrected chi connectivity index (χ0v) is 25.2. The van der Waals surface area contributed by atoms with Crippen molar-refractivity contribution in [3.63, 3.8) is 0 Å². The Bertz CT molecular complexity index is 1170. The van der Waals surface area contributed by atoms with Gasteiger partial charge in [-0.15, -0.1) is 0 Å². The Hall–Kier alpha value is -2.63. The minimum absolute atomic E-state index is 0.297. The normalized spacial score (nSPS) is 31.4. The molecule has 3 fully saturated rings. The molecule has 1 saturated heterocycles. The molecule has 4 aliphatic rings. The maximum atomic E-state index is 13.8. The second kappa shape index (κ2) is 11.0. The number of carbonyl (C=O) groups excluding carboxylic acids is 4. The van der Waals surface area contributed by atoms with E-state index in [-0.39, 0.29) is 17.9 Å². The maximum absolute atomic E-state index is 13.8. The Labute approximate surface area is 237 Å². The Morgan fingerprint density at radius 3 is 2.45 bits per heavy atom. The van der Waals surface area contributed by atoms with E-state index in [4.69, 9.17) is 0 Å². The number of amides is 5. The van der Waals surface area contributed by atoms with Crippen molar-refractivity contribution in [3.8, 4) is 0 Å². The Kier molecular flexibility index (Phi) is 8.33. The van der Waals surface area contributed by atoms with Crippen LogP contribution in [-0.2, 0) is 24.4 Å². The average Bonchev–Trinajstić information content (AvgIpc) is 3.73. The number of urea groups is 1. The molecule has 0 bridgehead atoms. The Morgan fingerprint density at radius 1 is 1.10 bits per heavy atom. The molecule has 0 unspecified atom stereocenters. The highest BCUT2D eigenvalue weighted by atomic mass is 32.2. The van der Waals surface area contributed by atoms with Crippen molar-refractivity contribution in [1.82, 2.24) is 25.2 Å². The lowest BCUT2D eigenvalue weighted by atomic mass is 10.0. The van der Waals surface area contributed by atoms with Crippen LogP contribution < -0.4 is 15.4 Å². The van der Waals surface area contributed by atoms with Gasteiger partial charge in [0.15, 0.2) is 0 Å². The largest absolute Gasteiger partial charge is 0.339 e. The third-order valence-electron chi connectivity index (χ3n) is 9.07. The van der Waals surface area contributed by atoms with Crippen LogP contribution in [0.25, 0.3) is 0 Å². The fourth-order valence-electron chi connectivity index (χ4n) is 5.43. The number of nitrogens with one attached hydrogen (secondary N) is 3. The quantitative estimate of drug-likeness (QED) is 0.436. The lowest BCUT2D eigenvalue weighted by molar-refractivity contribution is -0.141. The standard InChI is InChI=1S/C28H45N5O6S/c1-26(2,3)32(5)25(37)29-20-13-10-8-6-7-9-12-19-18-28(19,24(36)31-40(38,39)27(4)15-16-27)30-22(34)21-14-11-17-33(21)23(20)35/h9,12,19-21H,6-8,10-11,13-18H2,1-5H3,(H,29,37)(H,30,34)(H,31,36)/b12-9-/t19-,20+,21+,28-/m1/s1. The Balaban J connectivity index is 1.56. The smallest absolute Gasteiger partial charge is 0.318 e. The summed E-state index contributed by atoms with van der Waals surface area (Å²) >= 11 is 0. The first-order chi connectivity index (χ1) is 18.6. The van der Waals surface area contributed by atoms with E-state index in [1.165, 1.54) is 4.90 Å². The van der Waals surface area contributed by atoms with E-state index in [1.54, 1.807) is 18.9 Å². The van der Waals surface area contributed by atoms with Crippen LogP contribution in [0.1, 0.15) is 91.9 Å². The minimum atomic E-state index is -3.88. The van der Waals surface area contributed by atoms with Crippen molar-refractivity contribution in [3.05, 3.63) is 12.2 Å². The predicted octanol–water partition coefficient (Wildman–Crippen LogP) is 2.18. The topological polar surface area (TPSA) is 145 Å². The summed E-state index contributed by atoms with van der Waals surface area (Å²) in [7, 11) is -2.19. The fraction of sp³-hybridized carbons (Fsp3) is 0.786. The molecule has 2 saturated carbocycles. The van der Waals surface area contributed by atoms with Crippen LogP contribution in [0.2, 0.25) is 0 Å². The molecule has 4 atom stereocenters. The van der Waals surface area contributed by atoms with Gasteiger partial charge in [-0.25, -0.2) is 13.2 Å². The van der Waals surface area contributed by atoms with E-state index in [2.05, 4.69) is 15.4 Å². The van der Waals surface area contributed by atoms with Crippen LogP contribution >= 0.6 is 0 Å². The highest BCUT2D eigenvalue weighted by Crippen LogP contribution is 2.47. The minimum Gasteiger partial charge on any atom is -0.339 e. The molecule has 12 heteroatoms. The lowest BCUT2D eigenvalue weighted by Gasteiger charge is -2.35. The molecule has 3 N–H and O–H groups in total. The van der Waals surface area contributed by atoms with E-state index >= 15 is 0 Å². The molecule has 4 rings (SSSR count). The third-order valence-corrected chi connectivity index (χ3v) is 11.2. The van der Waals surface area contributed by atoms with Crippen LogP contribution in [0.5, 0.6) is 0 Å². The molecule has 0 spiro atoms. The summed E-state index contributed by atoms with van der Waals surface area (Å²) in [6.45, 7) is 7.70. The van der Waals surface area contributed by atoms with Crippen LogP contribution in [0, 0.1) is 5.92 Å². The zero-order chi connectivity index (χ0) is 29.5. The molecular weight excluding hydrogens is 534 g/mol. The van der Waals surface area contributed by atoms with Crippen LogP contribution in [0.4, 0.5) is 4.79 Å². The number of hydrogen-bond donors (Lipinski definition) is 3. The van der Waals surface area contributed by atoms with Crippen molar-refractivity contribution < 1.29 is 27.6 Å². The predicted molar refractivity (Wildman–Crippen MR) is 150 cm³/mol. The molecule has 2 aliphatic heterocycles. The SMILES string of the molecule is CN(C(=O)N[C@H]1CCCCC/C=C\[C@@H]2C[C@@]2(C(=O)NS(=O)(=O)C2(C)CC2)NC(=O)[C@@H]2CCCN2C1=O)C(C)(C)C. The molecule has 11 nitrogen and oxygen atoms in total. The van der Waals surface area contributed by atoms with Gasteiger partial charge >= 0.3 is 6.03 Å². The fourth-order valence-corrected chi connectivity index (χ4v) is 6.74. The maximum Gasteiger partial charge on any atom is 0.318 e. The molecule has 2 aliphatic carbocycles. The van der Waals surface area contributed by atoms with E-state index in [0.717, 1.165) is 25.7 Å². The molecule has 0 radical (unpaired) electrons. The van der Waals surface area contributed by atoms with Gasteiger partial charge in [-0.2, -0.15) is 0 Å². The van der Waals surface area contributed by atoms with E-state index in [0.29, 0.717) is 45.1 Å². The summed E-state index contributed by atoms with van der Waals surface area (Å²) in [4.78, 5) is 56.8. The summed E-state index contributed by atoms with van der Waals surface area (Å²) in [6, 6.07) is -1.93. The first-order valence-electron chi connectivity index (χ1n) is 14.5. The van der Waals surface area contributed by atoms with Crippen molar-refractivity contribution in [2.45, 2.75) is 120 Å². The summed E-state index contributed by atoms with van der Waals surface area (Å²) in [5.41, 5.74) is -1.80. The van der Waals surface area contributed by atoms with E-state index in [1.807, 2.05) is 32.9 Å². The molecule has 224 valence electrons. The van der Waals surface area contributed by atoms with Gasteiger partial charge in [0.1, 0.15) is 17.6 Å². The van der Waals surface area contributed by atoms with Gasteiger partial charge in [0.05, 0.1) is 4.75 Å². The van der Waals surface area contributed by atoms with E-state index < -0.39 is 49.7 Å². The number of allylic oxidation sites excluding steroid dienone is 1. The first-order valence-corrected chi connectivity index (χ1v) is 16.0. The van der Waals surface area contributed by atoms with Crippen molar-refractivity contribution in [2.75, 3.05) is 13.6 Å². The van der Waals surface area contributed by atoms with Gasteiger partial charge in [0.25, 0.3) is 5.91 Å². The van der Waals surface area contributed by atoms with Gasteiger partial charge in [-0.05, 0) is 79.1 Å². The number of carbonyl (C=O) groups is 4. The summed E-state index contributed by atoms with van der Waals surface area (Å²) < 4.78 is 26.9. The number of fused-ring (bicyclic) bond motifs is 2. The molecule has 0 aromatic heterocycles. The van der Waals surface area contributed by atoms with Crippen LogP contribution in [0.15, 0.2) is 12.2 Å². The lowest BCUT2D eigenvalue weighted by Crippen LogP contribution is -2.59. The summed E-state index contributed by atoms with van der Waals surface area (Å²) in [6.07, 6.45) is 9.86. The monoisotopic (exact) mass is 579 g/mol. The molecule has 0 aromatic rings. The third kappa shape index (κ3) is 6.16. The zero-order valence-electron chi connectivity index (χ0n) is 24.4. The number of hydrogen-bond acceptors (Lipinski definition) is 6.